The summed E-state index contributed by atoms with van der Waals surface area (Å²) in [4.78, 5) is 23.0. The van der Waals surface area contributed by atoms with E-state index in [2.05, 4.69) is 10.6 Å². The van der Waals surface area contributed by atoms with Crippen LogP contribution in [0.2, 0.25) is 0 Å². The Hall–Kier alpha value is -1.91. The molecule has 2 N–H and O–H groups in total. The van der Waals surface area contributed by atoms with Gasteiger partial charge in [-0.05, 0) is 38.5 Å². The summed E-state index contributed by atoms with van der Waals surface area (Å²) < 4.78 is 13.3. The number of nitrogens with one attached hydrogen (secondary N) is 2. The summed E-state index contributed by atoms with van der Waals surface area (Å²) >= 11 is 0. The molecule has 0 heterocycles. The Morgan fingerprint density at radius 1 is 1.33 bits per heavy atom. The third-order valence-corrected chi connectivity index (χ3v) is 2.29. The van der Waals surface area contributed by atoms with Crippen molar-refractivity contribution in [1.82, 2.24) is 10.6 Å². The van der Waals surface area contributed by atoms with E-state index < -0.39 is 11.7 Å². The van der Waals surface area contributed by atoms with Gasteiger partial charge in [0.05, 0.1) is 6.54 Å². The number of halogens is 1. The molecule has 18 heavy (non-hydrogen) atoms. The van der Waals surface area contributed by atoms with Crippen molar-refractivity contribution in [3.8, 4) is 0 Å². The Bertz CT molecular complexity index is 458. The zero-order valence-corrected chi connectivity index (χ0v) is 10.7. The summed E-state index contributed by atoms with van der Waals surface area (Å²) in [6.07, 6.45) is 0. The van der Waals surface area contributed by atoms with E-state index in [9.17, 15) is 14.0 Å². The molecule has 98 valence electrons. The fraction of sp³-hybridized carbons (Fsp3) is 0.385. The predicted molar refractivity (Wildman–Crippen MR) is 66.7 cm³/mol. The molecule has 0 aromatic heterocycles. The van der Waals surface area contributed by atoms with E-state index in [0.29, 0.717) is 5.56 Å². The highest BCUT2D eigenvalue weighted by Gasteiger charge is 2.10. The smallest absolute Gasteiger partial charge is 0.251 e. The predicted octanol–water partition coefficient (Wildman–Crippen LogP) is 1.39. The third kappa shape index (κ3) is 4.16. The first-order valence-corrected chi connectivity index (χ1v) is 5.74. The summed E-state index contributed by atoms with van der Waals surface area (Å²) in [5, 5.41) is 5.08. The third-order valence-electron chi connectivity index (χ3n) is 2.29. The number of carbonyl (C=O) groups excluding carboxylic acids is 2. The number of aryl methyl sites for hydroxylation is 1. The fourth-order valence-electron chi connectivity index (χ4n) is 1.37. The lowest BCUT2D eigenvalue weighted by molar-refractivity contribution is -0.120. The van der Waals surface area contributed by atoms with Gasteiger partial charge in [-0.15, -0.1) is 0 Å². The Morgan fingerprint density at radius 3 is 2.56 bits per heavy atom. The fourth-order valence-corrected chi connectivity index (χ4v) is 1.37. The van der Waals surface area contributed by atoms with Crippen LogP contribution < -0.4 is 10.6 Å². The van der Waals surface area contributed by atoms with E-state index >= 15 is 0 Å². The molecule has 1 aromatic rings. The van der Waals surface area contributed by atoms with Crippen molar-refractivity contribution < 1.29 is 14.0 Å². The van der Waals surface area contributed by atoms with Crippen LogP contribution in [0, 0.1) is 12.7 Å². The molecule has 0 aliphatic heterocycles. The van der Waals surface area contributed by atoms with Gasteiger partial charge in [0.25, 0.3) is 5.91 Å². The number of hydrogen-bond acceptors (Lipinski definition) is 2. The molecule has 0 unspecified atom stereocenters. The van der Waals surface area contributed by atoms with Crippen LogP contribution in [0.4, 0.5) is 4.39 Å². The lowest BCUT2D eigenvalue weighted by Crippen LogP contribution is -2.39. The van der Waals surface area contributed by atoms with E-state index in [0.717, 1.165) is 6.07 Å². The maximum absolute atomic E-state index is 13.3. The quantitative estimate of drug-likeness (QED) is 0.850. The van der Waals surface area contributed by atoms with Gasteiger partial charge in [0.15, 0.2) is 0 Å². The normalized spacial score (nSPS) is 10.3. The number of rotatable bonds is 4. The SMILES string of the molecule is Cc1ccc(C(=O)NCC(=O)NC(C)C)cc1F. The molecule has 0 saturated heterocycles. The van der Waals surface area contributed by atoms with Crippen molar-refractivity contribution in [2.75, 3.05) is 6.54 Å². The monoisotopic (exact) mass is 252 g/mol. The highest BCUT2D eigenvalue weighted by atomic mass is 19.1. The molecule has 0 spiro atoms. The van der Waals surface area contributed by atoms with Crippen LogP contribution in [0.1, 0.15) is 29.8 Å². The molecule has 5 heteroatoms. The van der Waals surface area contributed by atoms with Crippen LogP contribution in [0.15, 0.2) is 18.2 Å². The van der Waals surface area contributed by atoms with Crippen LogP contribution in [-0.4, -0.2) is 24.4 Å². The summed E-state index contributed by atoms with van der Waals surface area (Å²) in [6.45, 7) is 5.16. The van der Waals surface area contributed by atoms with Crippen molar-refractivity contribution in [3.63, 3.8) is 0 Å². The van der Waals surface area contributed by atoms with E-state index in [1.54, 1.807) is 6.92 Å². The first kappa shape index (κ1) is 14.2. The molecular weight excluding hydrogens is 235 g/mol. The zero-order chi connectivity index (χ0) is 13.7. The topological polar surface area (TPSA) is 58.2 Å². The maximum Gasteiger partial charge on any atom is 0.251 e. The molecule has 0 aliphatic carbocycles. The van der Waals surface area contributed by atoms with Gasteiger partial charge in [-0.3, -0.25) is 9.59 Å². The van der Waals surface area contributed by atoms with Crippen molar-refractivity contribution in [1.29, 1.82) is 0 Å². The van der Waals surface area contributed by atoms with E-state index in [-0.39, 0.29) is 24.1 Å². The van der Waals surface area contributed by atoms with E-state index in [1.165, 1.54) is 12.1 Å². The standard InChI is InChI=1S/C13H17FN2O2/c1-8(2)16-12(17)7-15-13(18)10-5-4-9(3)11(14)6-10/h4-6,8H,7H2,1-3H3,(H,15,18)(H,16,17). The Kier molecular flexibility index (Phi) is 4.83. The Labute approximate surface area is 106 Å². The number of hydrogen-bond donors (Lipinski definition) is 2. The molecule has 2 amide bonds. The maximum atomic E-state index is 13.3. The van der Waals surface area contributed by atoms with Crippen LogP contribution in [0.3, 0.4) is 0 Å². The molecule has 0 saturated carbocycles. The summed E-state index contributed by atoms with van der Waals surface area (Å²) in [6, 6.07) is 4.23. The Balaban J connectivity index is 2.55. The second kappa shape index (κ2) is 6.14. The van der Waals surface area contributed by atoms with Gasteiger partial charge < -0.3 is 10.6 Å². The Morgan fingerprint density at radius 2 is 2.00 bits per heavy atom. The number of benzene rings is 1. The minimum absolute atomic E-state index is 0.0196. The largest absolute Gasteiger partial charge is 0.352 e. The van der Waals surface area contributed by atoms with Crippen molar-refractivity contribution in [2.45, 2.75) is 26.8 Å². The van der Waals surface area contributed by atoms with Gasteiger partial charge in [0.1, 0.15) is 5.82 Å². The lowest BCUT2D eigenvalue weighted by Gasteiger charge is -2.09. The minimum atomic E-state index is -0.465. The second-order valence-electron chi connectivity index (χ2n) is 4.37. The van der Waals surface area contributed by atoms with E-state index in [4.69, 9.17) is 0 Å². The van der Waals surface area contributed by atoms with Gasteiger partial charge in [0.2, 0.25) is 5.91 Å². The van der Waals surface area contributed by atoms with Gasteiger partial charge in [0, 0.05) is 11.6 Å². The average molecular weight is 252 g/mol. The van der Waals surface area contributed by atoms with Gasteiger partial charge in [-0.2, -0.15) is 0 Å². The molecule has 1 aromatic carbocycles. The highest BCUT2D eigenvalue weighted by Crippen LogP contribution is 2.08. The summed E-state index contributed by atoms with van der Waals surface area (Å²) in [5.74, 6) is -1.17. The highest BCUT2D eigenvalue weighted by molar-refractivity contribution is 5.96. The molecule has 0 atom stereocenters. The number of amides is 2. The lowest BCUT2D eigenvalue weighted by atomic mass is 10.1. The van der Waals surface area contributed by atoms with Gasteiger partial charge in [-0.1, -0.05) is 6.07 Å². The molecule has 0 bridgehead atoms. The molecule has 0 radical (unpaired) electrons. The van der Waals surface area contributed by atoms with Crippen LogP contribution >= 0.6 is 0 Å². The van der Waals surface area contributed by atoms with Gasteiger partial charge in [-0.25, -0.2) is 4.39 Å². The minimum Gasteiger partial charge on any atom is -0.352 e. The molecule has 0 fully saturated rings. The zero-order valence-electron chi connectivity index (χ0n) is 10.7. The summed E-state index contributed by atoms with van der Waals surface area (Å²) in [7, 11) is 0. The first-order valence-electron chi connectivity index (χ1n) is 5.74. The second-order valence-corrected chi connectivity index (χ2v) is 4.37. The molecule has 4 nitrogen and oxygen atoms in total. The molecule has 0 aliphatic rings. The molecule has 1 rings (SSSR count). The van der Waals surface area contributed by atoms with Crippen LogP contribution in [-0.2, 0) is 4.79 Å². The van der Waals surface area contributed by atoms with Crippen LogP contribution in [0.25, 0.3) is 0 Å². The van der Waals surface area contributed by atoms with Crippen molar-refractivity contribution in [3.05, 3.63) is 35.1 Å². The summed E-state index contributed by atoms with van der Waals surface area (Å²) in [5.41, 5.74) is 0.680. The van der Waals surface area contributed by atoms with Crippen molar-refractivity contribution in [2.24, 2.45) is 0 Å². The molecular formula is C13H17FN2O2. The van der Waals surface area contributed by atoms with Gasteiger partial charge >= 0.3 is 0 Å². The van der Waals surface area contributed by atoms with E-state index in [1.807, 2.05) is 13.8 Å². The first-order chi connectivity index (χ1) is 8.40. The van der Waals surface area contributed by atoms with Crippen LogP contribution in [0.5, 0.6) is 0 Å². The van der Waals surface area contributed by atoms with Crippen molar-refractivity contribution >= 4 is 11.8 Å². The number of carbonyl (C=O) groups is 2. The average Bonchev–Trinajstić information content (AvgIpc) is 2.28.